The smallest absolute Gasteiger partial charge is 0.222 e. The van der Waals surface area contributed by atoms with Gasteiger partial charge in [-0.3, -0.25) is 4.79 Å². The molecule has 0 radical (unpaired) electrons. The highest BCUT2D eigenvalue weighted by molar-refractivity contribution is 5.76. The summed E-state index contributed by atoms with van der Waals surface area (Å²) in [4.78, 5) is 10.7. The van der Waals surface area contributed by atoms with E-state index in [1.165, 1.54) is 0 Å². The lowest BCUT2D eigenvalue weighted by Gasteiger charge is -2.13. The van der Waals surface area contributed by atoms with Gasteiger partial charge in [-0.05, 0) is 19.3 Å². The monoisotopic (exact) mass is 186 g/mol. The number of ether oxygens (including phenoxy) is 1. The van der Waals surface area contributed by atoms with E-state index in [9.17, 15) is 4.79 Å². The first-order valence-electron chi connectivity index (χ1n) is 4.76. The summed E-state index contributed by atoms with van der Waals surface area (Å²) >= 11 is 0. The molecular weight excluding hydrogens is 168 g/mol. The van der Waals surface area contributed by atoms with Crippen molar-refractivity contribution >= 4 is 5.91 Å². The van der Waals surface area contributed by atoms with Crippen LogP contribution >= 0.6 is 0 Å². The summed E-state index contributed by atoms with van der Waals surface area (Å²) in [5, 5.41) is 0. The van der Waals surface area contributed by atoms with Crippen molar-refractivity contribution in [2.75, 3.05) is 6.61 Å². The second-order valence-corrected chi connectivity index (χ2v) is 3.83. The Morgan fingerprint density at radius 2 is 2.31 bits per heavy atom. The number of carbonyl (C=O) groups is 1. The number of hydrogen-bond donors (Lipinski definition) is 2. The third kappa shape index (κ3) is 3.32. The fourth-order valence-corrected chi connectivity index (χ4v) is 1.49. The topological polar surface area (TPSA) is 78.3 Å². The number of amides is 1. The Balaban J connectivity index is 2.16. The molecule has 3 unspecified atom stereocenters. The average molecular weight is 186 g/mol. The molecule has 0 aromatic rings. The van der Waals surface area contributed by atoms with Crippen LogP contribution in [0, 0.1) is 5.92 Å². The highest BCUT2D eigenvalue weighted by Crippen LogP contribution is 2.20. The van der Waals surface area contributed by atoms with Crippen molar-refractivity contribution < 1.29 is 9.53 Å². The molecule has 1 aliphatic rings. The van der Waals surface area contributed by atoms with E-state index < -0.39 is 0 Å². The Morgan fingerprint density at radius 1 is 1.62 bits per heavy atom. The third-order valence-corrected chi connectivity index (χ3v) is 2.49. The molecule has 0 spiro atoms. The van der Waals surface area contributed by atoms with Gasteiger partial charge in [-0.25, -0.2) is 0 Å². The summed E-state index contributed by atoms with van der Waals surface area (Å²) in [6.45, 7) is 2.20. The summed E-state index contributed by atoms with van der Waals surface area (Å²) in [5.41, 5.74) is 10.8. The van der Waals surface area contributed by atoms with Crippen LogP contribution in [0.25, 0.3) is 0 Å². The summed E-state index contributed by atoms with van der Waals surface area (Å²) in [6.07, 6.45) is 3.17. The Kier molecular flexibility index (Phi) is 3.69. The van der Waals surface area contributed by atoms with Gasteiger partial charge in [-0.1, -0.05) is 6.92 Å². The van der Waals surface area contributed by atoms with E-state index in [1.54, 1.807) is 6.92 Å². The number of rotatable bonds is 4. The number of primary amides is 1. The third-order valence-electron chi connectivity index (χ3n) is 2.49. The van der Waals surface area contributed by atoms with E-state index >= 15 is 0 Å². The number of nitrogens with two attached hydrogens (primary N) is 2. The molecule has 1 aliphatic carbocycles. The van der Waals surface area contributed by atoms with Crippen molar-refractivity contribution in [3.8, 4) is 0 Å². The van der Waals surface area contributed by atoms with Crippen LogP contribution in [0.5, 0.6) is 0 Å². The van der Waals surface area contributed by atoms with Gasteiger partial charge in [-0.2, -0.15) is 0 Å². The molecule has 13 heavy (non-hydrogen) atoms. The minimum Gasteiger partial charge on any atom is -0.377 e. The van der Waals surface area contributed by atoms with Gasteiger partial charge in [0, 0.05) is 6.04 Å². The van der Waals surface area contributed by atoms with Crippen LogP contribution in [0.15, 0.2) is 0 Å². The minimum atomic E-state index is -0.303. The Hall–Kier alpha value is -0.610. The summed E-state index contributed by atoms with van der Waals surface area (Å²) in [7, 11) is 0. The van der Waals surface area contributed by atoms with Crippen LogP contribution < -0.4 is 11.5 Å². The molecular formula is C9H18N2O2. The molecule has 1 fully saturated rings. The highest BCUT2D eigenvalue weighted by Gasteiger charge is 2.23. The van der Waals surface area contributed by atoms with Crippen LogP contribution in [-0.4, -0.2) is 24.7 Å². The van der Waals surface area contributed by atoms with Crippen LogP contribution in [0.2, 0.25) is 0 Å². The van der Waals surface area contributed by atoms with Crippen LogP contribution in [0.4, 0.5) is 0 Å². The van der Waals surface area contributed by atoms with Crippen LogP contribution in [0.1, 0.15) is 26.2 Å². The Morgan fingerprint density at radius 3 is 2.77 bits per heavy atom. The number of hydrogen-bond acceptors (Lipinski definition) is 3. The lowest BCUT2D eigenvalue weighted by atomic mass is 10.2. The van der Waals surface area contributed by atoms with Gasteiger partial charge in [0.2, 0.25) is 5.91 Å². The first-order chi connectivity index (χ1) is 6.09. The molecule has 4 N–H and O–H groups in total. The lowest BCUT2D eigenvalue weighted by molar-refractivity contribution is -0.123. The van der Waals surface area contributed by atoms with E-state index in [2.05, 4.69) is 0 Å². The Labute approximate surface area is 78.6 Å². The summed E-state index contributed by atoms with van der Waals surface area (Å²) in [5.74, 6) is -0.501. The molecule has 0 aromatic carbocycles. The predicted octanol–water partition coefficient (Wildman–Crippen LogP) is 0.00420. The molecule has 0 aromatic heterocycles. The molecule has 4 heteroatoms. The lowest BCUT2D eigenvalue weighted by Crippen LogP contribution is -2.27. The standard InChI is InChI=1S/C9H18N2O2/c1-6(9(11)12)5-13-8-3-2-7(10)4-8/h6-8H,2-5,10H2,1H3,(H2,11,12). The second-order valence-electron chi connectivity index (χ2n) is 3.83. The van der Waals surface area contributed by atoms with Crippen LogP contribution in [0.3, 0.4) is 0 Å². The first-order valence-corrected chi connectivity index (χ1v) is 4.76. The average Bonchev–Trinajstić information content (AvgIpc) is 2.47. The number of carbonyl (C=O) groups excluding carboxylic acids is 1. The normalized spacial score (nSPS) is 30.3. The molecule has 0 saturated heterocycles. The zero-order valence-electron chi connectivity index (χ0n) is 8.03. The van der Waals surface area contributed by atoms with Gasteiger partial charge in [-0.15, -0.1) is 0 Å². The molecule has 1 saturated carbocycles. The molecule has 3 atom stereocenters. The second kappa shape index (κ2) is 4.58. The molecule has 1 rings (SSSR count). The molecule has 0 bridgehead atoms. The molecule has 0 heterocycles. The maximum absolute atomic E-state index is 10.7. The van der Waals surface area contributed by atoms with Crippen molar-refractivity contribution in [3.63, 3.8) is 0 Å². The van der Waals surface area contributed by atoms with E-state index in [-0.39, 0.29) is 24.0 Å². The van der Waals surface area contributed by atoms with Crippen LogP contribution in [-0.2, 0) is 9.53 Å². The van der Waals surface area contributed by atoms with Gasteiger partial charge in [0.1, 0.15) is 0 Å². The SMILES string of the molecule is CC(COC1CCC(N)C1)C(N)=O. The van der Waals surface area contributed by atoms with Gasteiger partial charge < -0.3 is 16.2 Å². The molecule has 1 amide bonds. The van der Waals surface area contributed by atoms with Crippen molar-refractivity contribution in [2.45, 2.75) is 38.3 Å². The Bertz CT molecular complexity index is 184. The predicted molar refractivity (Wildman–Crippen MR) is 49.9 cm³/mol. The highest BCUT2D eigenvalue weighted by atomic mass is 16.5. The van der Waals surface area contributed by atoms with Crippen molar-refractivity contribution in [3.05, 3.63) is 0 Å². The zero-order valence-corrected chi connectivity index (χ0v) is 8.03. The van der Waals surface area contributed by atoms with E-state index in [4.69, 9.17) is 16.2 Å². The minimum absolute atomic E-state index is 0.197. The summed E-state index contributed by atoms with van der Waals surface area (Å²) in [6, 6.07) is 0.272. The van der Waals surface area contributed by atoms with Gasteiger partial charge in [0.05, 0.1) is 18.6 Å². The molecule has 4 nitrogen and oxygen atoms in total. The zero-order chi connectivity index (χ0) is 9.84. The van der Waals surface area contributed by atoms with Gasteiger partial charge >= 0.3 is 0 Å². The fraction of sp³-hybridized carbons (Fsp3) is 0.889. The maximum Gasteiger partial charge on any atom is 0.222 e. The first kappa shape index (κ1) is 10.5. The van der Waals surface area contributed by atoms with Crippen molar-refractivity contribution in [1.29, 1.82) is 0 Å². The van der Waals surface area contributed by atoms with E-state index in [0.29, 0.717) is 6.61 Å². The van der Waals surface area contributed by atoms with Crippen molar-refractivity contribution in [1.82, 2.24) is 0 Å². The van der Waals surface area contributed by atoms with E-state index in [1.807, 2.05) is 0 Å². The maximum atomic E-state index is 10.7. The van der Waals surface area contributed by atoms with Gasteiger partial charge in [0.25, 0.3) is 0 Å². The molecule has 0 aliphatic heterocycles. The molecule has 76 valence electrons. The van der Waals surface area contributed by atoms with E-state index in [0.717, 1.165) is 19.3 Å². The quantitative estimate of drug-likeness (QED) is 0.649. The van der Waals surface area contributed by atoms with Gasteiger partial charge in [0.15, 0.2) is 0 Å². The fourth-order valence-electron chi connectivity index (χ4n) is 1.49. The summed E-state index contributed by atoms with van der Waals surface area (Å²) < 4.78 is 5.52. The van der Waals surface area contributed by atoms with Crippen molar-refractivity contribution in [2.24, 2.45) is 17.4 Å². The largest absolute Gasteiger partial charge is 0.377 e.